The van der Waals surface area contributed by atoms with Gasteiger partial charge < -0.3 is 10.4 Å². The Kier molecular flexibility index (Phi) is 3.86. The Morgan fingerprint density at radius 3 is 2.80 bits per heavy atom. The van der Waals surface area contributed by atoms with E-state index >= 15 is 0 Å². The van der Waals surface area contributed by atoms with Gasteiger partial charge in [-0.05, 0) is 24.0 Å². The normalized spacial score (nSPS) is 26.0. The maximum atomic E-state index is 11.9. The number of aromatic nitrogens is 4. The van der Waals surface area contributed by atoms with E-state index in [4.69, 9.17) is 0 Å². The second-order valence-electron chi connectivity index (χ2n) is 5.27. The van der Waals surface area contributed by atoms with E-state index in [0.29, 0.717) is 12.8 Å². The molecule has 1 aliphatic carbocycles. The number of anilines is 1. The first kappa shape index (κ1) is 14.2. The van der Waals surface area contributed by atoms with Gasteiger partial charge in [0, 0.05) is 0 Å². The third-order valence-electron chi connectivity index (χ3n) is 3.49. The summed E-state index contributed by atoms with van der Waals surface area (Å²) in [6, 6.07) is -0.630. The van der Waals surface area contributed by atoms with Crippen molar-refractivity contribution in [2.45, 2.75) is 38.1 Å². The van der Waals surface area contributed by atoms with Crippen LogP contribution in [0.5, 0.6) is 0 Å². The zero-order chi connectivity index (χ0) is 14.8. The van der Waals surface area contributed by atoms with E-state index in [9.17, 15) is 14.7 Å². The van der Waals surface area contributed by atoms with E-state index in [0.717, 1.165) is 12.8 Å². The van der Waals surface area contributed by atoms with E-state index in [1.807, 2.05) is 6.92 Å². The molecular formula is C11H18N6O3. The number of aliphatic carboxylic acids is 1. The molecule has 1 heterocycles. The molecule has 2 unspecified atom stereocenters. The maximum Gasteiger partial charge on any atom is 0.329 e. The van der Waals surface area contributed by atoms with Crippen molar-refractivity contribution in [3.63, 3.8) is 0 Å². The minimum Gasteiger partial charge on any atom is -0.480 e. The Balaban J connectivity index is 2.04. The van der Waals surface area contributed by atoms with Crippen LogP contribution >= 0.6 is 0 Å². The van der Waals surface area contributed by atoms with Gasteiger partial charge in [0.1, 0.15) is 5.54 Å². The van der Waals surface area contributed by atoms with Crippen molar-refractivity contribution in [1.82, 2.24) is 25.5 Å². The minimum atomic E-state index is -1.22. The zero-order valence-electron chi connectivity index (χ0n) is 11.5. The second-order valence-corrected chi connectivity index (χ2v) is 5.27. The molecule has 110 valence electrons. The Morgan fingerprint density at radius 1 is 1.50 bits per heavy atom. The lowest BCUT2D eigenvalue weighted by atomic mass is 9.76. The molecule has 2 amide bonds. The molecule has 2 atom stereocenters. The number of aryl methyl sites for hydroxylation is 1. The third-order valence-corrected chi connectivity index (χ3v) is 3.49. The fourth-order valence-electron chi connectivity index (χ4n) is 2.60. The van der Waals surface area contributed by atoms with Gasteiger partial charge in [-0.2, -0.15) is 4.80 Å². The first-order valence-corrected chi connectivity index (χ1v) is 6.48. The molecule has 0 radical (unpaired) electrons. The predicted molar refractivity (Wildman–Crippen MR) is 69.0 cm³/mol. The first-order chi connectivity index (χ1) is 9.41. The van der Waals surface area contributed by atoms with Crippen molar-refractivity contribution in [3.05, 3.63) is 0 Å². The highest BCUT2D eigenvalue weighted by Gasteiger charge is 2.43. The lowest BCUT2D eigenvalue weighted by Gasteiger charge is -2.36. The van der Waals surface area contributed by atoms with Crippen LogP contribution in [0.15, 0.2) is 0 Å². The lowest BCUT2D eigenvalue weighted by Crippen LogP contribution is -2.57. The molecule has 1 saturated carbocycles. The van der Waals surface area contributed by atoms with Gasteiger partial charge in [-0.3, -0.25) is 5.32 Å². The summed E-state index contributed by atoms with van der Waals surface area (Å²) in [6.07, 6.45) is 2.60. The number of hydrogen-bond acceptors (Lipinski definition) is 5. The summed E-state index contributed by atoms with van der Waals surface area (Å²) in [5.41, 5.74) is -1.22. The van der Waals surface area contributed by atoms with Crippen LogP contribution in [0, 0.1) is 5.92 Å². The zero-order valence-corrected chi connectivity index (χ0v) is 11.5. The molecule has 3 N–H and O–H groups in total. The number of tetrazole rings is 1. The van der Waals surface area contributed by atoms with Gasteiger partial charge in [-0.1, -0.05) is 24.9 Å². The average Bonchev–Trinajstić information content (AvgIpc) is 2.74. The summed E-state index contributed by atoms with van der Waals surface area (Å²) in [5.74, 6) is -0.713. The van der Waals surface area contributed by atoms with Crippen LogP contribution < -0.4 is 10.6 Å². The highest BCUT2D eigenvalue weighted by atomic mass is 16.4. The molecule has 0 spiro atoms. The number of rotatable bonds is 3. The summed E-state index contributed by atoms with van der Waals surface area (Å²) < 4.78 is 0. The predicted octanol–water partition coefficient (Wildman–Crippen LogP) is 0.365. The van der Waals surface area contributed by atoms with Crippen molar-refractivity contribution in [1.29, 1.82) is 0 Å². The minimum absolute atomic E-state index is 0.0365. The quantitative estimate of drug-likeness (QED) is 0.736. The third kappa shape index (κ3) is 3.03. The van der Waals surface area contributed by atoms with E-state index in [1.165, 1.54) is 4.80 Å². The number of nitrogens with zero attached hydrogens (tertiary/aromatic N) is 4. The summed E-state index contributed by atoms with van der Waals surface area (Å²) in [6.45, 7) is 1.99. The van der Waals surface area contributed by atoms with Crippen LogP contribution in [-0.4, -0.2) is 42.9 Å². The fourth-order valence-corrected chi connectivity index (χ4v) is 2.60. The largest absolute Gasteiger partial charge is 0.480 e. The number of urea groups is 1. The van der Waals surface area contributed by atoms with Crippen molar-refractivity contribution >= 4 is 17.9 Å². The monoisotopic (exact) mass is 282 g/mol. The number of carboxylic acids is 1. The molecule has 1 aliphatic rings. The van der Waals surface area contributed by atoms with Crippen molar-refractivity contribution in [3.8, 4) is 0 Å². The number of carboxylic acid groups (broad SMARTS) is 1. The van der Waals surface area contributed by atoms with Crippen molar-refractivity contribution < 1.29 is 14.7 Å². The molecule has 1 fully saturated rings. The molecule has 0 saturated heterocycles. The smallest absolute Gasteiger partial charge is 0.329 e. The molecule has 1 aromatic rings. The Bertz CT molecular complexity index is 516. The van der Waals surface area contributed by atoms with Crippen molar-refractivity contribution in [2.24, 2.45) is 13.0 Å². The highest BCUT2D eigenvalue weighted by molar-refractivity contribution is 5.92. The topological polar surface area (TPSA) is 122 Å². The number of amides is 2. The molecule has 9 heteroatoms. The second kappa shape index (κ2) is 5.43. The molecule has 20 heavy (non-hydrogen) atoms. The molecule has 0 aliphatic heterocycles. The van der Waals surface area contributed by atoms with Crippen LogP contribution in [0.25, 0.3) is 0 Å². The lowest BCUT2D eigenvalue weighted by molar-refractivity contribution is -0.146. The molecular weight excluding hydrogens is 264 g/mol. The van der Waals surface area contributed by atoms with Gasteiger partial charge in [-0.15, -0.1) is 5.10 Å². The van der Waals surface area contributed by atoms with Gasteiger partial charge in [0.2, 0.25) is 0 Å². The summed E-state index contributed by atoms with van der Waals surface area (Å²) >= 11 is 0. The van der Waals surface area contributed by atoms with Crippen LogP contribution in [0.2, 0.25) is 0 Å². The Hall–Kier alpha value is -2.19. The standard InChI is InChI=1S/C11H18N6O3/c1-7-4-3-5-11(6-7,8(18)19)13-10(20)12-9-14-16-17(2)15-9/h7H,3-6H2,1-2H3,(H,18,19)(H2,12,13,15,20). The van der Waals surface area contributed by atoms with Gasteiger partial charge in [0.25, 0.3) is 5.95 Å². The SMILES string of the molecule is CC1CCCC(NC(=O)Nc2nnn(C)n2)(C(=O)O)C1. The number of nitrogens with one attached hydrogen (secondary N) is 2. The average molecular weight is 282 g/mol. The first-order valence-electron chi connectivity index (χ1n) is 6.48. The molecule has 0 bridgehead atoms. The Morgan fingerprint density at radius 2 is 2.25 bits per heavy atom. The number of carbonyl (C=O) groups excluding carboxylic acids is 1. The molecule has 0 aromatic carbocycles. The van der Waals surface area contributed by atoms with Crippen molar-refractivity contribution in [2.75, 3.05) is 5.32 Å². The number of carbonyl (C=O) groups is 2. The van der Waals surface area contributed by atoms with Crippen LogP contribution in [0.3, 0.4) is 0 Å². The van der Waals surface area contributed by atoms with Gasteiger partial charge in [-0.25, -0.2) is 9.59 Å². The van der Waals surface area contributed by atoms with Gasteiger partial charge in [0.15, 0.2) is 0 Å². The number of hydrogen-bond donors (Lipinski definition) is 3. The van der Waals surface area contributed by atoms with Crippen LogP contribution in [0.4, 0.5) is 10.7 Å². The van der Waals surface area contributed by atoms with E-state index in [-0.39, 0.29) is 11.9 Å². The summed E-state index contributed by atoms with van der Waals surface area (Å²) in [5, 5.41) is 25.4. The van der Waals surface area contributed by atoms with E-state index in [1.54, 1.807) is 7.05 Å². The molecule has 9 nitrogen and oxygen atoms in total. The Labute approximate surface area is 115 Å². The van der Waals surface area contributed by atoms with Crippen LogP contribution in [0.1, 0.15) is 32.6 Å². The molecule has 2 rings (SSSR count). The highest BCUT2D eigenvalue weighted by Crippen LogP contribution is 2.32. The molecule has 1 aromatic heterocycles. The fraction of sp³-hybridized carbons (Fsp3) is 0.727. The summed E-state index contributed by atoms with van der Waals surface area (Å²) in [4.78, 5) is 24.6. The van der Waals surface area contributed by atoms with E-state index in [2.05, 4.69) is 26.0 Å². The summed E-state index contributed by atoms with van der Waals surface area (Å²) in [7, 11) is 1.57. The van der Waals surface area contributed by atoms with Gasteiger partial charge in [0.05, 0.1) is 7.05 Å². The maximum absolute atomic E-state index is 11.9. The van der Waals surface area contributed by atoms with Crippen LogP contribution in [-0.2, 0) is 11.8 Å². The van der Waals surface area contributed by atoms with Gasteiger partial charge >= 0.3 is 12.0 Å². The van der Waals surface area contributed by atoms with E-state index < -0.39 is 17.5 Å².